The van der Waals surface area contributed by atoms with Gasteiger partial charge in [0.1, 0.15) is 20.2 Å². The number of hydrogen-bond donors (Lipinski definition) is 0. The molecule has 4 rings (SSSR count). The molecular formula is C56H86O6S2Zn. The fourth-order valence-corrected chi connectivity index (χ4v) is 11.0. The standard InChI is InChI=1S/2C28H44O3S.Zn/c2*1-3-5-7-9-11-13-15-18-24-19-17-20-25-22-23-27(32(29,30)31)26(28(24)25)21-16-14-12-10-8-6-4-2;/h2*17,19-20,22-23H,3-16,18,21H2,1-2H3,(H,29,30,31);/q;;+2/p-2. The first-order valence-corrected chi connectivity index (χ1v) is 28.8. The van der Waals surface area contributed by atoms with Crippen LogP contribution in [0, 0.1) is 0 Å². The molecule has 0 amide bonds. The van der Waals surface area contributed by atoms with Gasteiger partial charge in [0.25, 0.3) is 0 Å². The van der Waals surface area contributed by atoms with Crippen LogP contribution in [0.2, 0.25) is 0 Å². The molecule has 0 aliphatic rings. The predicted octanol–water partition coefficient (Wildman–Crippen LogP) is 16.7. The largest absolute Gasteiger partial charge is 2.00 e. The van der Waals surface area contributed by atoms with Crippen molar-refractivity contribution in [1.82, 2.24) is 0 Å². The van der Waals surface area contributed by atoms with Crippen molar-refractivity contribution in [3.63, 3.8) is 0 Å². The maximum Gasteiger partial charge on any atom is 2.00 e. The molecule has 0 fully saturated rings. The van der Waals surface area contributed by atoms with Crippen molar-refractivity contribution in [2.24, 2.45) is 0 Å². The normalized spacial score (nSPS) is 11.8. The molecule has 0 saturated carbocycles. The monoisotopic (exact) mass is 983 g/mol. The zero-order valence-electron chi connectivity index (χ0n) is 41.4. The molecule has 0 atom stereocenters. The van der Waals surface area contributed by atoms with E-state index in [1.807, 2.05) is 24.3 Å². The van der Waals surface area contributed by atoms with Gasteiger partial charge in [-0.2, -0.15) is 0 Å². The number of unbranched alkanes of at least 4 members (excludes halogenated alkanes) is 24. The van der Waals surface area contributed by atoms with E-state index in [9.17, 15) is 25.9 Å². The van der Waals surface area contributed by atoms with Crippen LogP contribution in [0.1, 0.15) is 230 Å². The smallest absolute Gasteiger partial charge is 0.744 e. The summed E-state index contributed by atoms with van der Waals surface area (Å²) >= 11 is 0. The number of aryl methyl sites for hydroxylation is 4. The van der Waals surface area contributed by atoms with Crippen molar-refractivity contribution in [2.75, 3.05) is 0 Å². The number of rotatable bonds is 34. The molecule has 65 heavy (non-hydrogen) atoms. The van der Waals surface area contributed by atoms with Crippen molar-refractivity contribution in [1.29, 1.82) is 0 Å². The van der Waals surface area contributed by atoms with Gasteiger partial charge in [-0.15, -0.1) is 0 Å². The van der Waals surface area contributed by atoms with Gasteiger partial charge in [-0.1, -0.05) is 230 Å². The Morgan fingerprint density at radius 1 is 0.338 bits per heavy atom. The van der Waals surface area contributed by atoms with Crippen LogP contribution in [-0.4, -0.2) is 25.9 Å². The molecule has 0 radical (unpaired) electrons. The van der Waals surface area contributed by atoms with Crippen LogP contribution in [-0.2, 0) is 65.4 Å². The van der Waals surface area contributed by atoms with E-state index < -0.39 is 20.2 Å². The molecule has 4 aromatic carbocycles. The Balaban J connectivity index is 0.000000440. The summed E-state index contributed by atoms with van der Waals surface area (Å²) in [6, 6.07) is 19.1. The number of benzene rings is 4. The maximum atomic E-state index is 12.0. The molecule has 6 nitrogen and oxygen atoms in total. The molecule has 0 saturated heterocycles. The van der Waals surface area contributed by atoms with Gasteiger partial charge in [-0.3, -0.25) is 0 Å². The molecule has 4 aromatic rings. The van der Waals surface area contributed by atoms with Crippen molar-refractivity contribution in [3.8, 4) is 0 Å². The molecule has 0 bridgehead atoms. The summed E-state index contributed by atoms with van der Waals surface area (Å²) < 4.78 is 72.3. The Labute approximate surface area is 410 Å². The van der Waals surface area contributed by atoms with Gasteiger partial charge in [-0.25, -0.2) is 16.8 Å². The van der Waals surface area contributed by atoms with E-state index in [1.165, 1.54) is 165 Å². The Bertz CT molecular complexity index is 1960. The summed E-state index contributed by atoms with van der Waals surface area (Å²) in [5.41, 5.74) is 3.90. The minimum absolute atomic E-state index is 0. The summed E-state index contributed by atoms with van der Waals surface area (Å²) in [4.78, 5) is -0.0222. The second kappa shape index (κ2) is 34.2. The SMILES string of the molecule is CCCCCCCCCc1cccc2ccc(S(=O)(=O)[O-])c(CCCCCCCCC)c12.CCCCCCCCCc1cccc2ccc(S(=O)(=O)[O-])c(CCCCCCCCC)c12.[Zn+2]. The first-order valence-electron chi connectivity index (χ1n) is 26.0. The van der Waals surface area contributed by atoms with Crippen molar-refractivity contribution < 1.29 is 45.4 Å². The van der Waals surface area contributed by atoms with Crippen molar-refractivity contribution >= 4 is 41.8 Å². The van der Waals surface area contributed by atoms with Gasteiger partial charge < -0.3 is 9.11 Å². The molecular weight excluding hydrogens is 898 g/mol. The van der Waals surface area contributed by atoms with Gasteiger partial charge in [0.15, 0.2) is 0 Å². The van der Waals surface area contributed by atoms with Crippen LogP contribution >= 0.6 is 0 Å². The summed E-state index contributed by atoms with van der Waals surface area (Å²) in [5, 5.41) is 4.13. The molecule has 0 unspecified atom stereocenters. The second-order valence-corrected chi connectivity index (χ2v) is 21.2. The van der Waals surface area contributed by atoms with Gasteiger partial charge in [0.2, 0.25) is 0 Å². The van der Waals surface area contributed by atoms with Gasteiger partial charge in [0.05, 0.1) is 9.79 Å². The summed E-state index contributed by atoms with van der Waals surface area (Å²) in [6.07, 6.45) is 37.2. The van der Waals surface area contributed by atoms with E-state index in [-0.39, 0.29) is 29.3 Å². The fraction of sp³-hybridized carbons (Fsp3) is 0.643. The number of hydrogen-bond acceptors (Lipinski definition) is 6. The average molecular weight is 985 g/mol. The summed E-state index contributed by atoms with van der Waals surface area (Å²) in [6.45, 7) is 8.91. The van der Waals surface area contributed by atoms with E-state index in [0.29, 0.717) is 12.8 Å². The minimum Gasteiger partial charge on any atom is -0.744 e. The van der Waals surface area contributed by atoms with Crippen LogP contribution < -0.4 is 0 Å². The van der Waals surface area contributed by atoms with E-state index in [2.05, 4.69) is 52.0 Å². The molecule has 360 valence electrons. The van der Waals surface area contributed by atoms with Crippen LogP contribution in [0.15, 0.2) is 70.5 Å². The Hall–Kier alpha value is -2.16. The third-order valence-electron chi connectivity index (χ3n) is 13.1. The Morgan fingerprint density at radius 2 is 0.600 bits per heavy atom. The Morgan fingerprint density at radius 3 is 0.877 bits per heavy atom. The molecule has 0 aliphatic heterocycles. The molecule has 0 heterocycles. The minimum atomic E-state index is -4.48. The summed E-state index contributed by atoms with van der Waals surface area (Å²) in [7, 11) is -8.97. The third kappa shape index (κ3) is 22.2. The van der Waals surface area contributed by atoms with Crippen LogP contribution in [0.25, 0.3) is 21.5 Å². The van der Waals surface area contributed by atoms with Gasteiger partial charge in [0, 0.05) is 0 Å². The van der Waals surface area contributed by atoms with Crippen LogP contribution in [0.3, 0.4) is 0 Å². The van der Waals surface area contributed by atoms with Crippen LogP contribution in [0.5, 0.6) is 0 Å². The number of fused-ring (bicyclic) bond motifs is 2. The molecule has 9 heteroatoms. The third-order valence-corrected chi connectivity index (χ3v) is 14.9. The van der Waals surface area contributed by atoms with Crippen LogP contribution in [0.4, 0.5) is 0 Å². The maximum absolute atomic E-state index is 12.0. The van der Waals surface area contributed by atoms with E-state index in [0.717, 1.165) is 84.0 Å². The zero-order valence-corrected chi connectivity index (χ0v) is 46.0. The quantitative estimate of drug-likeness (QED) is 0.0262. The fourth-order valence-electron chi connectivity index (χ4n) is 9.48. The summed E-state index contributed by atoms with van der Waals surface area (Å²) in [5.74, 6) is 0. The average Bonchev–Trinajstić information content (AvgIpc) is 3.27. The van der Waals surface area contributed by atoms with Crippen molar-refractivity contribution in [2.45, 2.75) is 243 Å². The molecule has 0 aromatic heterocycles. The molecule has 0 N–H and O–H groups in total. The van der Waals surface area contributed by atoms with E-state index >= 15 is 0 Å². The van der Waals surface area contributed by atoms with E-state index in [4.69, 9.17) is 0 Å². The van der Waals surface area contributed by atoms with Gasteiger partial charge in [-0.05, 0) is 107 Å². The first-order chi connectivity index (χ1) is 31.0. The van der Waals surface area contributed by atoms with Gasteiger partial charge >= 0.3 is 19.5 Å². The predicted molar refractivity (Wildman–Crippen MR) is 271 cm³/mol. The van der Waals surface area contributed by atoms with E-state index in [1.54, 1.807) is 0 Å². The zero-order chi connectivity index (χ0) is 46.5. The molecule has 0 spiro atoms. The molecule has 0 aliphatic carbocycles. The Kier molecular flexibility index (Phi) is 31.0. The topological polar surface area (TPSA) is 114 Å². The van der Waals surface area contributed by atoms with Crippen molar-refractivity contribution in [3.05, 3.63) is 82.9 Å². The first kappa shape index (κ1) is 59.0. The second-order valence-electron chi connectivity index (χ2n) is 18.5.